The van der Waals surface area contributed by atoms with Crippen molar-refractivity contribution in [3.05, 3.63) is 106 Å². The van der Waals surface area contributed by atoms with Gasteiger partial charge in [0.25, 0.3) is 0 Å². The molecule has 0 aliphatic heterocycles. The Labute approximate surface area is 434 Å². The lowest BCUT2D eigenvalue weighted by atomic mass is 9.56. The molecule has 1 heteroatoms. The van der Waals surface area contributed by atoms with Gasteiger partial charge in [-0.25, -0.2) is 0 Å². The maximum absolute atomic E-state index is 2.47. The van der Waals surface area contributed by atoms with E-state index in [9.17, 15) is 0 Å². The van der Waals surface area contributed by atoms with Crippen LogP contribution in [0.1, 0.15) is 283 Å². The highest BCUT2D eigenvalue weighted by atomic mass is 28.3. The average molecular weight is 962 g/mol. The lowest BCUT2D eigenvalue weighted by molar-refractivity contribution is 0.00575. The van der Waals surface area contributed by atoms with Gasteiger partial charge in [-0.05, 0) is 82.1 Å². The summed E-state index contributed by atoms with van der Waals surface area (Å²) in [6, 6.07) is 26.7. The lowest BCUT2D eigenvalue weighted by Gasteiger charge is -2.49. The van der Waals surface area contributed by atoms with E-state index < -0.39 is 8.07 Å². The molecule has 0 saturated carbocycles. The van der Waals surface area contributed by atoms with Gasteiger partial charge in [0.2, 0.25) is 0 Å². The summed E-state index contributed by atoms with van der Waals surface area (Å²) in [7, 11) is -0.858. The van der Waals surface area contributed by atoms with E-state index in [2.05, 4.69) is 294 Å². The maximum Gasteiger partial charge on any atom is 0.0525 e. The summed E-state index contributed by atoms with van der Waals surface area (Å²) in [5, 5.41) is 0. The Balaban J connectivity index is -0.000000238. The lowest BCUT2D eigenvalue weighted by Crippen LogP contribution is -2.41. The highest BCUT2D eigenvalue weighted by Gasteiger charge is 2.42. The molecule has 0 unspecified atom stereocenters. The van der Waals surface area contributed by atoms with Crippen LogP contribution in [0.5, 0.6) is 0 Å². The predicted octanol–water partition coefficient (Wildman–Crippen LogP) is 23.5. The van der Waals surface area contributed by atoms with E-state index in [0.29, 0.717) is 16.2 Å². The molecule has 68 heavy (non-hydrogen) atoms. The van der Waals surface area contributed by atoms with Crippen LogP contribution >= 0.6 is 0 Å². The number of benzene rings is 3. The van der Waals surface area contributed by atoms with Crippen LogP contribution in [0.15, 0.2) is 72.8 Å². The minimum absolute atomic E-state index is 0.240. The molecule has 0 amide bonds. The quantitative estimate of drug-likeness (QED) is 0.225. The molecule has 0 radical (unpaired) electrons. The van der Waals surface area contributed by atoms with Crippen molar-refractivity contribution in [3.63, 3.8) is 0 Å². The smallest absolute Gasteiger partial charge is 0.0525 e. The molecule has 0 heterocycles. The van der Waals surface area contributed by atoms with E-state index >= 15 is 0 Å². The zero-order chi connectivity index (χ0) is 56.1. The fourth-order valence-electron chi connectivity index (χ4n) is 6.51. The molecule has 400 valence electrons. The second-order valence-electron chi connectivity index (χ2n) is 28.5. The molecule has 0 atom stereocenters. The Morgan fingerprint density at radius 1 is 0.294 bits per heavy atom. The van der Waals surface area contributed by atoms with Crippen molar-refractivity contribution in [1.82, 2.24) is 0 Å². The average Bonchev–Trinajstić information content (AvgIpc) is 3.18. The normalized spacial score (nSPS) is 12.5. The van der Waals surface area contributed by atoms with Crippen molar-refractivity contribution in [1.29, 1.82) is 0 Å². The van der Waals surface area contributed by atoms with Gasteiger partial charge in [0.1, 0.15) is 0 Å². The van der Waals surface area contributed by atoms with Gasteiger partial charge in [0.15, 0.2) is 0 Å². The summed E-state index contributed by atoms with van der Waals surface area (Å²) in [6.07, 6.45) is 0. The summed E-state index contributed by atoms with van der Waals surface area (Å²) in [5.41, 5.74) is 13.1. The van der Waals surface area contributed by atoms with Crippen molar-refractivity contribution >= 4 is 8.07 Å². The van der Waals surface area contributed by atoms with Gasteiger partial charge in [-0.3, -0.25) is 0 Å². The second-order valence-corrected chi connectivity index (χ2v) is 34.4. The predicted molar refractivity (Wildman–Crippen MR) is 326 cm³/mol. The summed E-state index contributed by atoms with van der Waals surface area (Å²) in [6.45, 7) is 85.7. The molecule has 0 aliphatic rings. The van der Waals surface area contributed by atoms with Crippen LogP contribution in [0.2, 0.25) is 24.2 Å². The monoisotopic (exact) mass is 961 g/mol. The first-order valence-corrected chi connectivity index (χ1v) is 30.5. The van der Waals surface area contributed by atoms with E-state index in [0.717, 1.165) is 11.1 Å². The molecule has 0 N–H and O–H groups in total. The standard InChI is InChI=1S/3C14H22.C11H24.C8H20Si.3C2H6/c1-13(2,3)11-7-9-12(10-8-11)14(4,5)6;1-13(2,3)11-8-7-9-12(10-11)14(4,5)6;1-13(2,3)11-9-7-8-10-12(11)14(4,5)6;1-9(2,3)11(7,8)10(4,5)6;1-7(2)9(5,6)8(3)4;3*1-2/h3*7-10H,1-6H3;1-8H3;7-8H,1-6H3;3*1-2H3. The van der Waals surface area contributed by atoms with Gasteiger partial charge in [-0.15, -0.1) is 0 Å². The van der Waals surface area contributed by atoms with Gasteiger partial charge < -0.3 is 0 Å². The molecule has 0 bridgehead atoms. The summed E-state index contributed by atoms with van der Waals surface area (Å²) in [4.78, 5) is 0. The van der Waals surface area contributed by atoms with Crippen LogP contribution in [0.3, 0.4) is 0 Å². The van der Waals surface area contributed by atoms with E-state index in [1.54, 1.807) is 0 Å². The summed E-state index contributed by atoms with van der Waals surface area (Å²) < 4.78 is 0. The Morgan fingerprint density at radius 2 is 0.515 bits per heavy atom. The van der Waals surface area contributed by atoms with Crippen LogP contribution in [-0.4, -0.2) is 8.07 Å². The third kappa shape index (κ3) is 28.1. The molecular weight excluding hydrogens is 833 g/mol. The zero-order valence-electron chi connectivity index (χ0n) is 54.1. The third-order valence-corrected chi connectivity index (χ3v) is 20.4. The molecule has 0 fully saturated rings. The number of hydrogen-bond donors (Lipinski definition) is 0. The Kier molecular flexibility index (Phi) is 33.0. The maximum atomic E-state index is 2.47. The Hall–Kier alpha value is -2.12. The molecule has 0 aliphatic carbocycles. The van der Waals surface area contributed by atoms with Gasteiger partial charge in [-0.2, -0.15) is 0 Å². The molecule has 0 spiro atoms. The highest BCUT2D eigenvalue weighted by molar-refractivity contribution is 6.79. The van der Waals surface area contributed by atoms with Crippen LogP contribution in [0.4, 0.5) is 0 Å². The van der Waals surface area contributed by atoms with Crippen LogP contribution in [0, 0.1) is 16.2 Å². The molecule has 0 saturated heterocycles. The van der Waals surface area contributed by atoms with E-state index in [1.807, 2.05) is 41.5 Å². The van der Waals surface area contributed by atoms with Crippen molar-refractivity contribution in [3.8, 4) is 0 Å². The summed E-state index contributed by atoms with van der Waals surface area (Å²) in [5.74, 6) is 0. The topological polar surface area (TPSA) is 0 Å². The van der Waals surface area contributed by atoms with Gasteiger partial charge in [-0.1, -0.05) is 346 Å². The first-order valence-electron chi connectivity index (χ1n) is 27.4. The number of rotatable bonds is 2. The molecule has 3 aromatic rings. The highest BCUT2D eigenvalue weighted by Crippen LogP contribution is 2.50. The van der Waals surface area contributed by atoms with Crippen molar-refractivity contribution < 1.29 is 0 Å². The van der Waals surface area contributed by atoms with Crippen LogP contribution in [0.25, 0.3) is 0 Å². The van der Waals surface area contributed by atoms with E-state index in [4.69, 9.17) is 0 Å². The molecule has 0 aromatic heterocycles. The SMILES string of the molecule is CC.CC.CC.CC(C)(C)C(C)(C)C(C)(C)C.CC(C)(C)c1ccc(C(C)(C)C)cc1.CC(C)(C)c1cccc(C(C)(C)C)c1.CC(C)(C)c1ccccc1C(C)(C)C.CC(C)[Si](C)(C)C(C)C. The van der Waals surface area contributed by atoms with Crippen molar-refractivity contribution in [2.45, 2.75) is 306 Å². The second kappa shape index (κ2) is 30.0. The van der Waals surface area contributed by atoms with E-state index in [1.165, 1.54) is 33.4 Å². The van der Waals surface area contributed by atoms with Crippen LogP contribution in [-0.2, 0) is 32.5 Å². The molecule has 0 nitrogen and oxygen atoms in total. The van der Waals surface area contributed by atoms with Gasteiger partial charge in [0, 0.05) is 0 Å². The Morgan fingerprint density at radius 3 is 0.647 bits per heavy atom. The number of hydrogen-bond acceptors (Lipinski definition) is 0. The third-order valence-electron chi connectivity index (χ3n) is 14.5. The first-order chi connectivity index (χ1) is 30.0. The molecule has 3 aromatic carbocycles. The van der Waals surface area contributed by atoms with E-state index in [-0.39, 0.29) is 32.5 Å². The Bertz CT molecular complexity index is 1580. The summed E-state index contributed by atoms with van der Waals surface area (Å²) >= 11 is 0. The van der Waals surface area contributed by atoms with Crippen molar-refractivity contribution in [2.24, 2.45) is 16.2 Å². The largest absolute Gasteiger partial charge is 0.0690 e. The minimum Gasteiger partial charge on any atom is -0.0690 e. The van der Waals surface area contributed by atoms with Gasteiger partial charge in [0.05, 0.1) is 8.07 Å². The zero-order valence-corrected chi connectivity index (χ0v) is 55.1. The van der Waals surface area contributed by atoms with Crippen LogP contribution < -0.4 is 0 Å². The fraction of sp³-hybridized carbons (Fsp3) is 0.731. The first kappa shape index (κ1) is 74.8. The molecule has 3 rings (SSSR count). The minimum atomic E-state index is -0.858. The fourth-order valence-corrected chi connectivity index (χ4v) is 7.84. The van der Waals surface area contributed by atoms with Gasteiger partial charge >= 0.3 is 0 Å². The van der Waals surface area contributed by atoms with Crippen molar-refractivity contribution in [2.75, 3.05) is 0 Å². The molecular formula is C67H128Si.